The number of thiophene rings is 1. The summed E-state index contributed by atoms with van der Waals surface area (Å²) in [5.74, 6) is 0.673. The van der Waals surface area contributed by atoms with E-state index in [0.29, 0.717) is 18.0 Å². The van der Waals surface area contributed by atoms with Crippen LogP contribution in [0.3, 0.4) is 0 Å². The fourth-order valence-electron chi connectivity index (χ4n) is 2.84. The van der Waals surface area contributed by atoms with Gasteiger partial charge in [-0.3, -0.25) is 4.79 Å². The second kappa shape index (κ2) is 7.92. The Labute approximate surface area is 131 Å². The highest BCUT2D eigenvalue weighted by molar-refractivity contribution is 7.10. The van der Waals surface area contributed by atoms with Gasteiger partial charge in [0.2, 0.25) is 5.91 Å². The molecule has 21 heavy (non-hydrogen) atoms. The molecule has 1 amide bonds. The zero-order valence-corrected chi connectivity index (χ0v) is 14.0. The van der Waals surface area contributed by atoms with Gasteiger partial charge in [-0.2, -0.15) is 0 Å². The van der Waals surface area contributed by atoms with Crippen LogP contribution in [0.25, 0.3) is 0 Å². The van der Waals surface area contributed by atoms with Crippen molar-refractivity contribution in [1.29, 1.82) is 0 Å². The Morgan fingerprint density at radius 3 is 2.71 bits per heavy atom. The van der Waals surface area contributed by atoms with Crippen molar-refractivity contribution < 1.29 is 9.53 Å². The fourth-order valence-corrected chi connectivity index (χ4v) is 3.79. The Hall–Kier alpha value is -0.910. The van der Waals surface area contributed by atoms with Crippen LogP contribution in [0.15, 0.2) is 17.5 Å². The van der Waals surface area contributed by atoms with Crippen molar-refractivity contribution in [3.05, 3.63) is 22.4 Å². The minimum atomic E-state index is 0.106. The lowest BCUT2D eigenvalue weighted by molar-refractivity contribution is -0.136. The molecule has 1 N–H and O–H groups in total. The molecule has 1 aliphatic rings. The SMILES string of the molecule is COCC(=O)N1CCC(NC(c2cccs2)C(C)C)CC1. The molecule has 1 aromatic rings. The molecule has 4 nitrogen and oxygen atoms in total. The third kappa shape index (κ3) is 4.53. The van der Waals surface area contributed by atoms with Gasteiger partial charge < -0.3 is 15.0 Å². The summed E-state index contributed by atoms with van der Waals surface area (Å²) in [5, 5.41) is 5.93. The molecule has 1 aromatic heterocycles. The molecule has 2 heterocycles. The number of methoxy groups -OCH3 is 1. The summed E-state index contributed by atoms with van der Waals surface area (Å²) in [4.78, 5) is 15.1. The average molecular weight is 310 g/mol. The van der Waals surface area contributed by atoms with Crippen molar-refractivity contribution >= 4 is 17.2 Å². The van der Waals surface area contributed by atoms with E-state index in [1.807, 2.05) is 16.2 Å². The molecule has 0 aromatic carbocycles. The molecule has 0 saturated carbocycles. The number of carbonyl (C=O) groups is 1. The van der Waals surface area contributed by atoms with E-state index in [2.05, 4.69) is 36.7 Å². The van der Waals surface area contributed by atoms with E-state index in [1.165, 1.54) is 4.88 Å². The van der Waals surface area contributed by atoms with E-state index in [-0.39, 0.29) is 12.5 Å². The van der Waals surface area contributed by atoms with Gasteiger partial charge in [0, 0.05) is 37.2 Å². The number of hydrogen-bond acceptors (Lipinski definition) is 4. The Morgan fingerprint density at radius 1 is 1.48 bits per heavy atom. The molecular weight excluding hydrogens is 284 g/mol. The van der Waals surface area contributed by atoms with Gasteiger partial charge >= 0.3 is 0 Å². The maximum Gasteiger partial charge on any atom is 0.248 e. The highest BCUT2D eigenvalue weighted by Crippen LogP contribution is 2.27. The van der Waals surface area contributed by atoms with E-state index < -0.39 is 0 Å². The van der Waals surface area contributed by atoms with Crippen molar-refractivity contribution in [2.24, 2.45) is 5.92 Å². The molecule has 118 valence electrons. The van der Waals surface area contributed by atoms with Gasteiger partial charge in [0.1, 0.15) is 6.61 Å². The maximum absolute atomic E-state index is 11.8. The van der Waals surface area contributed by atoms with Gasteiger partial charge in [0.25, 0.3) is 0 Å². The van der Waals surface area contributed by atoms with Crippen LogP contribution in [0.1, 0.15) is 37.6 Å². The Morgan fingerprint density at radius 2 is 2.19 bits per heavy atom. The van der Waals surface area contributed by atoms with Crippen LogP contribution in [0.5, 0.6) is 0 Å². The first-order valence-electron chi connectivity index (χ1n) is 7.68. The first-order valence-corrected chi connectivity index (χ1v) is 8.56. The van der Waals surface area contributed by atoms with E-state index in [9.17, 15) is 4.79 Å². The van der Waals surface area contributed by atoms with Crippen LogP contribution in [0.4, 0.5) is 0 Å². The summed E-state index contributed by atoms with van der Waals surface area (Å²) >= 11 is 1.82. The second-order valence-electron chi connectivity index (χ2n) is 5.99. The number of likely N-dealkylation sites (tertiary alicyclic amines) is 1. The first-order chi connectivity index (χ1) is 10.1. The summed E-state index contributed by atoms with van der Waals surface area (Å²) in [6.07, 6.45) is 2.04. The number of hydrogen-bond donors (Lipinski definition) is 1. The molecule has 5 heteroatoms. The lowest BCUT2D eigenvalue weighted by Crippen LogP contribution is -2.47. The zero-order chi connectivity index (χ0) is 15.2. The largest absolute Gasteiger partial charge is 0.375 e. The number of nitrogens with zero attached hydrogens (tertiary/aromatic N) is 1. The van der Waals surface area contributed by atoms with Gasteiger partial charge in [0.15, 0.2) is 0 Å². The predicted octanol–water partition coefficient (Wildman–Crippen LogP) is 2.67. The van der Waals surface area contributed by atoms with Gasteiger partial charge in [-0.1, -0.05) is 19.9 Å². The summed E-state index contributed by atoms with van der Waals surface area (Å²) in [5.41, 5.74) is 0. The van der Waals surface area contributed by atoms with Crippen LogP contribution >= 0.6 is 11.3 Å². The Kier molecular flexibility index (Phi) is 6.21. The quantitative estimate of drug-likeness (QED) is 0.878. The minimum absolute atomic E-state index is 0.106. The molecule has 1 aliphatic heterocycles. The summed E-state index contributed by atoms with van der Waals surface area (Å²) in [6, 6.07) is 5.23. The Bertz CT molecular complexity index is 425. The number of piperidine rings is 1. The topological polar surface area (TPSA) is 41.6 Å². The van der Waals surface area contributed by atoms with E-state index in [4.69, 9.17) is 4.74 Å². The number of rotatable bonds is 6. The monoisotopic (exact) mass is 310 g/mol. The second-order valence-corrected chi connectivity index (χ2v) is 6.97. The van der Waals surface area contributed by atoms with Crippen LogP contribution in [-0.2, 0) is 9.53 Å². The summed E-state index contributed by atoms with van der Waals surface area (Å²) in [7, 11) is 1.57. The van der Waals surface area contributed by atoms with Gasteiger partial charge in [0.05, 0.1) is 0 Å². The fraction of sp³-hybridized carbons (Fsp3) is 0.688. The van der Waals surface area contributed by atoms with Crippen LogP contribution in [-0.4, -0.2) is 43.7 Å². The molecule has 0 bridgehead atoms. The maximum atomic E-state index is 11.8. The molecule has 1 saturated heterocycles. The molecule has 0 aliphatic carbocycles. The van der Waals surface area contributed by atoms with Gasteiger partial charge in [-0.05, 0) is 30.2 Å². The van der Waals surface area contributed by atoms with Crippen molar-refractivity contribution in [3.8, 4) is 0 Å². The number of amides is 1. The zero-order valence-electron chi connectivity index (χ0n) is 13.2. The number of ether oxygens (including phenoxy) is 1. The van der Waals surface area contributed by atoms with Crippen LogP contribution in [0.2, 0.25) is 0 Å². The third-order valence-electron chi connectivity index (χ3n) is 4.05. The average Bonchev–Trinajstić information content (AvgIpc) is 2.99. The smallest absolute Gasteiger partial charge is 0.248 e. The van der Waals surface area contributed by atoms with Gasteiger partial charge in [-0.25, -0.2) is 0 Å². The van der Waals surface area contributed by atoms with E-state index in [1.54, 1.807) is 7.11 Å². The van der Waals surface area contributed by atoms with Crippen molar-refractivity contribution in [2.75, 3.05) is 26.8 Å². The number of nitrogens with one attached hydrogen (secondary N) is 1. The van der Waals surface area contributed by atoms with E-state index >= 15 is 0 Å². The predicted molar refractivity (Wildman–Crippen MR) is 86.5 cm³/mol. The molecular formula is C16H26N2O2S. The molecule has 1 atom stereocenters. The van der Waals surface area contributed by atoms with Crippen molar-refractivity contribution in [2.45, 2.75) is 38.8 Å². The van der Waals surface area contributed by atoms with Gasteiger partial charge in [-0.15, -0.1) is 11.3 Å². The lowest BCUT2D eigenvalue weighted by atomic mass is 9.98. The first kappa shape index (κ1) is 16.5. The van der Waals surface area contributed by atoms with Crippen molar-refractivity contribution in [3.63, 3.8) is 0 Å². The highest BCUT2D eigenvalue weighted by atomic mass is 32.1. The highest BCUT2D eigenvalue weighted by Gasteiger charge is 2.26. The minimum Gasteiger partial charge on any atom is -0.375 e. The van der Waals surface area contributed by atoms with E-state index in [0.717, 1.165) is 25.9 Å². The van der Waals surface area contributed by atoms with Crippen molar-refractivity contribution in [1.82, 2.24) is 10.2 Å². The normalized spacial score (nSPS) is 18.2. The molecule has 0 spiro atoms. The summed E-state index contributed by atoms with van der Waals surface area (Å²) in [6.45, 7) is 6.37. The lowest BCUT2D eigenvalue weighted by Gasteiger charge is -2.35. The molecule has 0 radical (unpaired) electrons. The van der Waals surface area contributed by atoms with Crippen LogP contribution in [0, 0.1) is 5.92 Å². The molecule has 2 rings (SSSR count). The standard InChI is InChI=1S/C16H26N2O2S/c1-12(2)16(14-5-4-10-21-14)17-13-6-8-18(9-7-13)15(19)11-20-3/h4-5,10,12-13,16-17H,6-9,11H2,1-3H3. The molecule has 1 fully saturated rings. The third-order valence-corrected chi connectivity index (χ3v) is 5.00. The summed E-state index contributed by atoms with van der Waals surface area (Å²) < 4.78 is 4.92. The van der Waals surface area contributed by atoms with Crippen LogP contribution < -0.4 is 5.32 Å². The number of carbonyl (C=O) groups excluding carboxylic acids is 1. The Balaban J connectivity index is 1.86. The molecule has 1 unspecified atom stereocenters.